The summed E-state index contributed by atoms with van der Waals surface area (Å²) < 4.78 is 35.1. The number of rotatable bonds is 9. The maximum Gasteiger partial charge on any atom is 0.328 e. The molecule has 0 saturated heterocycles. The number of anilines is 4. The zero-order valence-corrected chi connectivity index (χ0v) is 26.2. The van der Waals surface area contributed by atoms with Gasteiger partial charge in [-0.2, -0.15) is 4.98 Å². The molecule has 0 unspecified atom stereocenters. The second kappa shape index (κ2) is 14.6. The molecule has 12 heteroatoms. The minimum absolute atomic E-state index is 0.00968. The number of hydrogen-bond acceptors (Lipinski definition) is 7. The van der Waals surface area contributed by atoms with E-state index in [-0.39, 0.29) is 24.2 Å². The Balaban J connectivity index is 0.00000226. The van der Waals surface area contributed by atoms with Crippen molar-refractivity contribution in [3.8, 4) is 17.0 Å². The standard InChI is InChI=1S/C31H31F2N7O3.C2H6/c1-18-8-9-19(29(41)36-20-10-12-21(43-4)13-11-20)16-22(18)26-23-17-35-31(42)40(27-24(32)6-5-7-25(27)33)28(23)38-30(37-26)34-14-15-39(2)3;1-2/h5-13,16H,14-15,17H2,1-4H3,(H,35,42)(H,36,41)(H,34,37,38);1-2H3. The fourth-order valence-electron chi connectivity index (χ4n) is 4.66. The number of urea groups is 1. The van der Waals surface area contributed by atoms with Gasteiger partial charge >= 0.3 is 6.03 Å². The number of nitrogens with zero attached hydrogens (tertiary/aromatic N) is 4. The van der Waals surface area contributed by atoms with Crippen molar-refractivity contribution in [2.75, 3.05) is 49.8 Å². The van der Waals surface area contributed by atoms with E-state index >= 15 is 0 Å². The Kier molecular flexibility index (Phi) is 10.6. The summed E-state index contributed by atoms with van der Waals surface area (Å²) in [5, 5.41) is 8.71. The Morgan fingerprint density at radius 2 is 1.73 bits per heavy atom. The summed E-state index contributed by atoms with van der Waals surface area (Å²) in [4.78, 5) is 38.5. The predicted molar refractivity (Wildman–Crippen MR) is 172 cm³/mol. The van der Waals surface area contributed by atoms with Gasteiger partial charge in [0.1, 0.15) is 23.1 Å². The summed E-state index contributed by atoms with van der Waals surface area (Å²) in [6.07, 6.45) is 0. The number of aromatic nitrogens is 2. The quantitative estimate of drug-likeness (QED) is 0.201. The third-order valence-corrected chi connectivity index (χ3v) is 6.92. The molecule has 4 aromatic rings. The van der Waals surface area contributed by atoms with Gasteiger partial charge in [0.15, 0.2) is 5.82 Å². The number of amides is 3. The molecular formula is C33H37F2N7O3. The topological polar surface area (TPSA) is 112 Å². The first-order chi connectivity index (χ1) is 21.7. The number of halogens is 2. The minimum Gasteiger partial charge on any atom is -0.497 e. The predicted octanol–water partition coefficient (Wildman–Crippen LogP) is 6.35. The number of hydrogen-bond donors (Lipinski definition) is 3. The zero-order chi connectivity index (χ0) is 32.7. The van der Waals surface area contributed by atoms with Gasteiger partial charge < -0.3 is 25.6 Å². The highest BCUT2D eigenvalue weighted by molar-refractivity contribution is 6.06. The fourth-order valence-corrected chi connectivity index (χ4v) is 4.66. The second-order valence-corrected chi connectivity index (χ2v) is 10.2. The van der Waals surface area contributed by atoms with E-state index in [1.165, 1.54) is 6.07 Å². The molecule has 0 radical (unpaired) electrons. The number of aryl methyl sites for hydroxylation is 1. The van der Waals surface area contributed by atoms with E-state index < -0.39 is 23.4 Å². The van der Waals surface area contributed by atoms with Crippen molar-refractivity contribution in [3.63, 3.8) is 0 Å². The van der Waals surface area contributed by atoms with Crippen LogP contribution in [-0.2, 0) is 6.54 Å². The van der Waals surface area contributed by atoms with Crippen LogP contribution in [0.4, 0.5) is 36.7 Å². The Bertz CT molecular complexity index is 1660. The SMILES string of the molecule is CC.COc1ccc(NC(=O)c2ccc(C)c(-c3nc(NCCN(C)C)nc4c3CNC(=O)N4c3c(F)cccc3F)c2)cc1. The molecule has 0 saturated carbocycles. The smallest absolute Gasteiger partial charge is 0.328 e. The second-order valence-electron chi connectivity index (χ2n) is 10.2. The normalized spacial score (nSPS) is 12.1. The summed E-state index contributed by atoms with van der Waals surface area (Å²) in [7, 11) is 5.40. The molecule has 3 amide bonds. The van der Waals surface area contributed by atoms with Crippen LogP contribution in [0.3, 0.4) is 0 Å². The van der Waals surface area contributed by atoms with Gasteiger partial charge in [-0.25, -0.2) is 23.5 Å². The number of nitrogens with one attached hydrogen (secondary N) is 3. The maximum atomic E-state index is 15.0. The van der Waals surface area contributed by atoms with Gasteiger partial charge in [-0.05, 0) is 75.1 Å². The summed E-state index contributed by atoms with van der Waals surface area (Å²) in [6, 6.07) is 14.8. The molecule has 5 rings (SSSR count). The van der Waals surface area contributed by atoms with Crippen molar-refractivity contribution in [1.29, 1.82) is 0 Å². The maximum absolute atomic E-state index is 15.0. The van der Waals surface area contributed by atoms with Crippen molar-refractivity contribution < 1.29 is 23.1 Å². The lowest BCUT2D eigenvalue weighted by Crippen LogP contribution is -2.43. The van der Waals surface area contributed by atoms with Crippen LogP contribution in [0.5, 0.6) is 5.75 Å². The summed E-state index contributed by atoms with van der Waals surface area (Å²) >= 11 is 0. The Morgan fingerprint density at radius 1 is 1.04 bits per heavy atom. The third kappa shape index (κ3) is 7.35. The molecule has 1 aromatic heterocycles. The van der Waals surface area contributed by atoms with E-state index in [4.69, 9.17) is 9.72 Å². The largest absolute Gasteiger partial charge is 0.497 e. The molecule has 0 aliphatic carbocycles. The van der Waals surface area contributed by atoms with Crippen molar-refractivity contribution in [2.24, 2.45) is 0 Å². The number of carbonyl (C=O) groups excluding carboxylic acids is 2. The van der Waals surface area contributed by atoms with E-state index in [2.05, 4.69) is 20.9 Å². The highest BCUT2D eigenvalue weighted by Gasteiger charge is 2.34. The molecule has 1 aliphatic rings. The molecule has 3 aromatic carbocycles. The van der Waals surface area contributed by atoms with Crippen molar-refractivity contribution >= 4 is 35.1 Å². The van der Waals surface area contributed by atoms with E-state index in [1.54, 1.807) is 49.6 Å². The highest BCUT2D eigenvalue weighted by atomic mass is 19.1. The van der Waals surface area contributed by atoms with Gasteiger partial charge in [-0.15, -0.1) is 0 Å². The molecule has 236 valence electrons. The molecule has 0 spiro atoms. The molecule has 45 heavy (non-hydrogen) atoms. The van der Waals surface area contributed by atoms with Crippen LogP contribution >= 0.6 is 0 Å². The first-order valence-corrected chi connectivity index (χ1v) is 14.5. The van der Waals surface area contributed by atoms with Crippen LogP contribution in [0.1, 0.15) is 35.3 Å². The molecule has 0 atom stereocenters. The van der Waals surface area contributed by atoms with Gasteiger partial charge in [-0.3, -0.25) is 4.79 Å². The first kappa shape index (κ1) is 32.8. The van der Waals surface area contributed by atoms with E-state index in [9.17, 15) is 18.4 Å². The average molecular weight is 618 g/mol. The Labute approximate surface area is 261 Å². The van der Waals surface area contributed by atoms with Gasteiger partial charge in [0.2, 0.25) is 5.95 Å². The van der Waals surface area contributed by atoms with Crippen LogP contribution in [-0.4, -0.2) is 61.1 Å². The van der Waals surface area contributed by atoms with Crippen molar-refractivity contribution in [2.45, 2.75) is 27.3 Å². The number of ether oxygens (including phenoxy) is 1. The molecule has 0 bridgehead atoms. The molecular weight excluding hydrogens is 580 g/mol. The van der Waals surface area contributed by atoms with E-state index in [1.807, 2.05) is 39.8 Å². The Hall–Kier alpha value is -5.10. The Morgan fingerprint density at radius 3 is 2.38 bits per heavy atom. The van der Waals surface area contributed by atoms with E-state index in [0.29, 0.717) is 46.9 Å². The lowest BCUT2D eigenvalue weighted by Gasteiger charge is -2.31. The number of methoxy groups -OCH3 is 1. The van der Waals surface area contributed by atoms with Crippen LogP contribution < -0.4 is 25.6 Å². The van der Waals surface area contributed by atoms with Gasteiger partial charge in [0.05, 0.1) is 19.3 Å². The number of para-hydroxylation sites is 1. The van der Waals surface area contributed by atoms with Gasteiger partial charge in [0.25, 0.3) is 5.91 Å². The van der Waals surface area contributed by atoms with Gasteiger partial charge in [-0.1, -0.05) is 26.0 Å². The summed E-state index contributed by atoms with van der Waals surface area (Å²) in [5.74, 6) is -1.31. The van der Waals surface area contributed by atoms with Gasteiger partial charge in [0, 0.05) is 35.5 Å². The molecule has 2 heterocycles. The third-order valence-electron chi connectivity index (χ3n) is 6.92. The molecule has 1 aliphatic heterocycles. The number of carbonyl (C=O) groups is 2. The lowest BCUT2D eigenvalue weighted by molar-refractivity contribution is 0.102. The van der Waals surface area contributed by atoms with Crippen LogP contribution in [0.25, 0.3) is 11.3 Å². The van der Waals surface area contributed by atoms with Crippen LogP contribution in [0.15, 0.2) is 60.7 Å². The average Bonchev–Trinajstić information content (AvgIpc) is 3.03. The summed E-state index contributed by atoms with van der Waals surface area (Å²) in [6.45, 7) is 7.00. The van der Waals surface area contributed by atoms with Crippen LogP contribution in [0.2, 0.25) is 0 Å². The number of fused-ring (bicyclic) bond motifs is 1. The zero-order valence-electron chi connectivity index (χ0n) is 26.2. The molecule has 0 fully saturated rings. The van der Waals surface area contributed by atoms with Crippen molar-refractivity contribution in [3.05, 3.63) is 89.0 Å². The van der Waals surface area contributed by atoms with E-state index in [0.717, 1.165) is 22.6 Å². The monoisotopic (exact) mass is 617 g/mol. The number of benzene rings is 3. The summed E-state index contributed by atoms with van der Waals surface area (Å²) in [5.41, 5.74) is 2.65. The lowest BCUT2D eigenvalue weighted by atomic mass is 9.97. The molecule has 10 nitrogen and oxygen atoms in total. The first-order valence-electron chi connectivity index (χ1n) is 14.5. The minimum atomic E-state index is -0.918. The number of likely N-dealkylation sites (N-methyl/N-ethyl adjacent to an activating group) is 1. The highest BCUT2D eigenvalue weighted by Crippen LogP contribution is 2.39. The molecule has 3 N–H and O–H groups in total. The van der Waals surface area contributed by atoms with Crippen LogP contribution in [0, 0.1) is 18.6 Å². The fraction of sp³-hybridized carbons (Fsp3) is 0.273. The van der Waals surface area contributed by atoms with Crippen molar-refractivity contribution in [1.82, 2.24) is 20.2 Å².